The molecule has 4 rings (SSSR count). The van der Waals surface area contributed by atoms with E-state index in [1.54, 1.807) is 11.3 Å². The Bertz CT molecular complexity index is 1010. The van der Waals surface area contributed by atoms with Crippen molar-refractivity contribution in [2.75, 3.05) is 25.0 Å². The average Bonchev–Trinajstić information content (AvgIpc) is 3.27. The summed E-state index contributed by atoms with van der Waals surface area (Å²) < 4.78 is 0. The van der Waals surface area contributed by atoms with Gasteiger partial charge in [-0.05, 0) is 57.2 Å². The van der Waals surface area contributed by atoms with Crippen molar-refractivity contribution in [3.05, 3.63) is 51.8 Å². The molecule has 5 nitrogen and oxygen atoms in total. The molecule has 1 aliphatic rings. The van der Waals surface area contributed by atoms with Gasteiger partial charge in [-0.25, -0.2) is 9.97 Å². The lowest BCUT2D eigenvalue weighted by Gasteiger charge is -2.35. The van der Waals surface area contributed by atoms with Crippen molar-refractivity contribution in [1.82, 2.24) is 14.9 Å². The minimum Gasteiger partial charge on any atom is -0.341 e. The first kappa shape index (κ1) is 19.8. The third-order valence-electron chi connectivity index (χ3n) is 6.04. The van der Waals surface area contributed by atoms with E-state index in [9.17, 15) is 4.79 Å². The highest BCUT2D eigenvalue weighted by molar-refractivity contribution is 7.10. The first-order chi connectivity index (χ1) is 13.9. The highest BCUT2D eigenvalue weighted by Crippen LogP contribution is 2.29. The number of aryl methyl sites for hydroxylation is 2. The van der Waals surface area contributed by atoms with E-state index in [2.05, 4.69) is 48.4 Å². The predicted molar refractivity (Wildman–Crippen MR) is 119 cm³/mol. The number of benzene rings is 1. The van der Waals surface area contributed by atoms with E-state index < -0.39 is 0 Å². The third kappa shape index (κ3) is 3.99. The summed E-state index contributed by atoms with van der Waals surface area (Å²) in [7, 11) is 1.93. The van der Waals surface area contributed by atoms with E-state index >= 15 is 0 Å². The van der Waals surface area contributed by atoms with Crippen molar-refractivity contribution in [1.29, 1.82) is 0 Å². The second kappa shape index (κ2) is 8.11. The SMILES string of the molecule is Cc1ccc2nc(N3CCC(C(=O)N(C)C(C)c4cccs4)CC3)nc(C)c2c1. The summed E-state index contributed by atoms with van der Waals surface area (Å²) >= 11 is 1.71. The van der Waals surface area contributed by atoms with Gasteiger partial charge in [0.15, 0.2) is 0 Å². The Hall–Kier alpha value is -2.47. The van der Waals surface area contributed by atoms with Gasteiger partial charge in [-0.3, -0.25) is 4.79 Å². The maximum atomic E-state index is 13.0. The number of aromatic nitrogens is 2. The van der Waals surface area contributed by atoms with Crippen molar-refractivity contribution >= 4 is 34.1 Å². The van der Waals surface area contributed by atoms with Crippen LogP contribution in [0.2, 0.25) is 0 Å². The van der Waals surface area contributed by atoms with Gasteiger partial charge in [-0.1, -0.05) is 17.7 Å². The van der Waals surface area contributed by atoms with Gasteiger partial charge in [0.25, 0.3) is 0 Å². The molecule has 0 bridgehead atoms. The molecule has 1 unspecified atom stereocenters. The quantitative estimate of drug-likeness (QED) is 0.625. The zero-order valence-corrected chi connectivity index (χ0v) is 18.4. The highest BCUT2D eigenvalue weighted by Gasteiger charge is 2.30. The Balaban J connectivity index is 1.43. The summed E-state index contributed by atoms with van der Waals surface area (Å²) in [5, 5.41) is 3.18. The lowest BCUT2D eigenvalue weighted by atomic mass is 9.95. The fourth-order valence-electron chi connectivity index (χ4n) is 4.05. The average molecular weight is 409 g/mol. The molecule has 0 saturated carbocycles. The number of nitrogens with zero attached hydrogens (tertiary/aromatic N) is 4. The molecule has 29 heavy (non-hydrogen) atoms. The second-order valence-corrected chi connectivity index (χ2v) is 9.01. The van der Waals surface area contributed by atoms with Crippen LogP contribution in [0, 0.1) is 19.8 Å². The first-order valence-electron chi connectivity index (χ1n) is 10.2. The summed E-state index contributed by atoms with van der Waals surface area (Å²) in [4.78, 5) is 27.9. The monoisotopic (exact) mass is 408 g/mol. The fourth-order valence-corrected chi connectivity index (χ4v) is 4.87. The lowest BCUT2D eigenvalue weighted by molar-refractivity contribution is -0.136. The van der Waals surface area contributed by atoms with Crippen LogP contribution in [-0.2, 0) is 4.79 Å². The Kier molecular flexibility index (Phi) is 5.54. The largest absolute Gasteiger partial charge is 0.341 e. The fraction of sp³-hybridized carbons (Fsp3) is 0.435. The van der Waals surface area contributed by atoms with Crippen molar-refractivity contribution in [3.8, 4) is 0 Å². The zero-order valence-electron chi connectivity index (χ0n) is 17.6. The van der Waals surface area contributed by atoms with Crippen LogP contribution in [0.4, 0.5) is 5.95 Å². The second-order valence-electron chi connectivity index (χ2n) is 8.03. The van der Waals surface area contributed by atoms with E-state index in [1.807, 2.05) is 24.9 Å². The molecular weight excluding hydrogens is 380 g/mol. The molecule has 0 radical (unpaired) electrons. The number of carbonyl (C=O) groups is 1. The topological polar surface area (TPSA) is 49.3 Å². The molecule has 1 aliphatic heterocycles. The molecule has 152 valence electrons. The smallest absolute Gasteiger partial charge is 0.226 e. The van der Waals surface area contributed by atoms with Crippen molar-refractivity contribution in [3.63, 3.8) is 0 Å². The molecule has 6 heteroatoms. The Morgan fingerprint density at radius 2 is 1.97 bits per heavy atom. The number of piperidine rings is 1. The van der Waals surface area contributed by atoms with E-state index in [0.29, 0.717) is 0 Å². The summed E-state index contributed by atoms with van der Waals surface area (Å²) in [5.74, 6) is 1.10. The van der Waals surface area contributed by atoms with Gasteiger partial charge in [-0.15, -0.1) is 11.3 Å². The van der Waals surface area contributed by atoms with Gasteiger partial charge in [0.05, 0.1) is 17.3 Å². The molecule has 3 aromatic rings. The third-order valence-corrected chi connectivity index (χ3v) is 7.08. The van der Waals surface area contributed by atoms with Crippen LogP contribution < -0.4 is 4.90 Å². The normalized spacial score (nSPS) is 16.2. The Morgan fingerprint density at radius 1 is 1.21 bits per heavy atom. The van der Waals surface area contributed by atoms with Crippen molar-refractivity contribution in [2.24, 2.45) is 5.92 Å². The molecule has 1 amide bonds. The maximum Gasteiger partial charge on any atom is 0.226 e. The molecule has 1 saturated heterocycles. The number of amides is 1. The summed E-state index contributed by atoms with van der Waals surface area (Å²) in [6, 6.07) is 10.6. The number of anilines is 1. The van der Waals surface area contributed by atoms with Crippen LogP contribution in [0.5, 0.6) is 0 Å². The first-order valence-corrected chi connectivity index (χ1v) is 11.1. The number of fused-ring (bicyclic) bond motifs is 1. The van der Waals surface area contributed by atoms with E-state index in [4.69, 9.17) is 9.97 Å². The molecular formula is C23H28N4OS. The maximum absolute atomic E-state index is 13.0. The molecule has 0 aliphatic carbocycles. The zero-order chi connectivity index (χ0) is 20.5. The predicted octanol–water partition coefficient (Wildman–Crippen LogP) is 4.74. The van der Waals surface area contributed by atoms with Gasteiger partial charge in [0.1, 0.15) is 0 Å². The highest BCUT2D eigenvalue weighted by atomic mass is 32.1. The molecule has 1 aromatic carbocycles. The van der Waals surface area contributed by atoms with Crippen LogP contribution in [-0.4, -0.2) is 40.9 Å². The van der Waals surface area contributed by atoms with Crippen molar-refractivity contribution < 1.29 is 4.79 Å². The van der Waals surface area contributed by atoms with Crippen LogP contribution in [0.3, 0.4) is 0 Å². The molecule has 0 N–H and O–H groups in total. The Labute approximate surface area is 176 Å². The number of hydrogen-bond acceptors (Lipinski definition) is 5. The van der Waals surface area contributed by atoms with Gasteiger partial charge >= 0.3 is 0 Å². The van der Waals surface area contributed by atoms with Gasteiger partial charge in [-0.2, -0.15) is 0 Å². The number of thiophene rings is 1. The van der Waals surface area contributed by atoms with Gasteiger partial charge < -0.3 is 9.80 Å². The molecule has 1 fully saturated rings. The van der Waals surface area contributed by atoms with Crippen LogP contribution in [0.1, 0.15) is 41.9 Å². The number of rotatable bonds is 4. The van der Waals surface area contributed by atoms with Crippen molar-refractivity contribution in [2.45, 2.75) is 39.7 Å². The van der Waals surface area contributed by atoms with Crippen LogP contribution >= 0.6 is 11.3 Å². The summed E-state index contributed by atoms with van der Waals surface area (Å²) in [6.45, 7) is 7.87. The molecule has 1 atom stereocenters. The van der Waals surface area contributed by atoms with Gasteiger partial charge in [0.2, 0.25) is 11.9 Å². The molecule has 0 spiro atoms. The number of carbonyl (C=O) groups excluding carboxylic acids is 1. The van der Waals surface area contributed by atoms with Crippen LogP contribution in [0.25, 0.3) is 10.9 Å². The number of hydrogen-bond donors (Lipinski definition) is 0. The van der Waals surface area contributed by atoms with Crippen LogP contribution in [0.15, 0.2) is 35.7 Å². The Morgan fingerprint density at radius 3 is 2.66 bits per heavy atom. The van der Waals surface area contributed by atoms with Gasteiger partial charge in [0, 0.05) is 36.3 Å². The summed E-state index contributed by atoms with van der Waals surface area (Å²) in [5.41, 5.74) is 3.22. The van der Waals surface area contributed by atoms with E-state index in [0.717, 1.165) is 48.5 Å². The lowest BCUT2D eigenvalue weighted by Crippen LogP contribution is -2.42. The molecule has 2 aromatic heterocycles. The van der Waals surface area contributed by atoms with E-state index in [-0.39, 0.29) is 17.9 Å². The van der Waals surface area contributed by atoms with E-state index in [1.165, 1.54) is 10.4 Å². The summed E-state index contributed by atoms with van der Waals surface area (Å²) in [6.07, 6.45) is 1.68. The minimum atomic E-state index is 0.0721. The minimum absolute atomic E-state index is 0.0721. The standard InChI is InChI=1S/C23H28N4OS/c1-15-7-8-20-19(14-15)16(2)24-23(25-20)27-11-9-18(10-12-27)22(28)26(4)17(3)21-6-5-13-29-21/h5-8,13-14,17-18H,9-12H2,1-4H3. The molecule has 3 heterocycles.